The fourth-order valence-electron chi connectivity index (χ4n) is 1.83. The highest BCUT2D eigenvalue weighted by molar-refractivity contribution is 4.96. The van der Waals surface area contributed by atoms with Gasteiger partial charge < -0.3 is 10.2 Å². The van der Waals surface area contributed by atoms with Crippen LogP contribution in [0.15, 0.2) is 6.33 Å². The number of hydrogen-bond acceptors (Lipinski definition) is 4. The molecule has 0 bridgehead atoms. The molecular formula is C12H25N5. The standard InChI is InChI=1S/C12H25N5/c1-6-7-13-11(8-16(4)5)12-14-9-15-17(12)10(2)3/h9-11,13H,6-8H2,1-5H3. The average molecular weight is 239 g/mol. The zero-order valence-electron chi connectivity index (χ0n) is 11.6. The number of nitrogens with one attached hydrogen (secondary N) is 1. The predicted octanol–water partition coefficient (Wildman–Crippen LogP) is 1.46. The summed E-state index contributed by atoms with van der Waals surface area (Å²) in [5.74, 6) is 1.03. The third-order valence-electron chi connectivity index (χ3n) is 2.59. The molecule has 1 rings (SSSR count). The molecule has 0 fully saturated rings. The molecule has 98 valence electrons. The zero-order chi connectivity index (χ0) is 12.8. The SMILES string of the molecule is CCCNC(CN(C)C)c1ncnn1C(C)C. The quantitative estimate of drug-likeness (QED) is 0.782. The molecule has 1 atom stereocenters. The van der Waals surface area contributed by atoms with Gasteiger partial charge in [-0.3, -0.25) is 0 Å². The minimum absolute atomic E-state index is 0.245. The lowest BCUT2D eigenvalue weighted by Gasteiger charge is -2.23. The second-order valence-electron chi connectivity index (χ2n) is 4.93. The highest BCUT2D eigenvalue weighted by Crippen LogP contribution is 2.14. The van der Waals surface area contributed by atoms with Gasteiger partial charge in [0.25, 0.3) is 0 Å². The maximum absolute atomic E-state index is 4.41. The van der Waals surface area contributed by atoms with Crippen molar-refractivity contribution in [2.24, 2.45) is 0 Å². The number of nitrogens with zero attached hydrogens (tertiary/aromatic N) is 4. The molecule has 0 amide bonds. The van der Waals surface area contributed by atoms with Crippen molar-refractivity contribution in [3.05, 3.63) is 12.2 Å². The first-order valence-electron chi connectivity index (χ1n) is 6.33. The topological polar surface area (TPSA) is 46.0 Å². The van der Waals surface area contributed by atoms with Gasteiger partial charge in [-0.2, -0.15) is 5.10 Å². The van der Waals surface area contributed by atoms with Gasteiger partial charge in [-0.1, -0.05) is 6.92 Å². The molecule has 0 aliphatic carbocycles. The Hall–Kier alpha value is -0.940. The molecule has 0 aliphatic heterocycles. The normalized spacial score (nSPS) is 13.6. The molecule has 1 aromatic rings. The Morgan fingerprint density at radius 3 is 2.65 bits per heavy atom. The van der Waals surface area contributed by atoms with Crippen LogP contribution < -0.4 is 5.32 Å². The summed E-state index contributed by atoms with van der Waals surface area (Å²) >= 11 is 0. The van der Waals surface area contributed by atoms with Crippen LogP contribution in [0.1, 0.15) is 45.1 Å². The molecule has 17 heavy (non-hydrogen) atoms. The molecule has 0 aromatic carbocycles. The maximum atomic E-state index is 4.41. The van der Waals surface area contributed by atoms with Gasteiger partial charge >= 0.3 is 0 Å². The molecule has 1 N–H and O–H groups in total. The number of likely N-dealkylation sites (N-methyl/N-ethyl adjacent to an activating group) is 1. The fourth-order valence-corrected chi connectivity index (χ4v) is 1.83. The monoisotopic (exact) mass is 239 g/mol. The van der Waals surface area contributed by atoms with E-state index in [0.717, 1.165) is 25.3 Å². The lowest BCUT2D eigenvalue weighted by Crippen LogP contribution is -2.34. The predicted molar refractivity (Wildman–Crippen MR) is 70.0 cm³/mol. The minimum atomic E-state index is 0.245. The summed E-state index contributed by atoms with van der Waals surface area (Å²) in [5.41, 5.74) is 0. The first-order chi connectivity index (χ1) is 8.06. The van der Waals surface area contributed by atoms with E-state index in [4.69, 9.17) is 0 Å². The molecule has 1 aromatic heterocycles. The zero-order valence-corrected chi connectivity index (χ0v) is 11.6. The lowest BCUT2D eigenvalue weighted by atomic mass is 10.2. The Balaban J connectivity index is 2.83. The number of aromatic nitrogens is 3. The van der Waals surface area contributed by atoms with Crippen LogP contribution in [0.5, 0.6) is 0 Å². The van der Waals surface area contributed by atoms with E-state index in [1.807, 2.05) is 4.68 Å². The van der Waals surface area contributed by atoms with Crippen LogP contribution in [0.3, 0.4) is 0 Å². The second-order valence-corrected chi connectivity index (χ2v) is 4.93. The smallest absolute Gasteiger partial charge is 0.145 e. The highest BCUT2D eigenvalue weighted by atomic mass is 15.4. The first-order valence-corrected chi connectivity index (χ1v) is 6.33. The van der Waals surface area contributed by atoms with Gasteiger partial charge in [0.05, 0.1) is 6.04 Å². The Morgan fingerprint density at radius 2 is 2.12 bits per heavy atom. The van der Waals surface area contributed by atoms with Crippen LogP contribution >= 0.6 is 0 Å². The van der Waals surface area contributed by atoms with Crippen molar-refractivity contribution in [3.63, 3.8) is 0 Å². The van der Waals surface area contributed by atoms with E-state index in [0.29, 0.717) is 6.04 Å². The summed E-state index contributed by atoms with van der Waals surface area (Å²) in [6.45, 7) is 8.37. The highest BCUT2D eigenvalue weighted by Gasteiger charge is 2.19. The van der Waals surface area contributed by atoms with E-state index in [1.54, 1.807) is 6.33 Å². The Labute approximate surface area is 104 Å². The van der Waals surface area contributed by atoms with Crippen molar-refractivity contribution in [2.45, 2.75) is 39.3 Å². The van der Waals surface area contributed by atoms with Gasteiger partial charge in [0, 0.05) is 12.6 Å². The van der Waals surface area contributed by atoms with Crippen molar-refractivity contribution in [3.8, 4) is 0 Å². The lowest BCUT2D eigenvalue weighted by molar-refractivity contribution is 0.320. The van der Waals surface area contributed by atoms with Crippen molar-refractivity contribution in [2.75, 3.05) is 27.2 Å². The van der Waals surface area contributed by atoms with E-state index in [9.17, 15) is 0 Å². The third kappa shape index (κ3) is 4.09. The minimum Gasteiger partial charge on any atom is -0.307 e. The molecular weight excluding hydrogens is 214 g/mol. The molecule has 1 heterocycles. The van der Waals surface area contributed by atoms with Crippen molar-refractivity contribution in [1.82, 2.24) is 25.0 Å². The van der Waals surface area contributed by atoms with E-state index >= 15 is 0 Å². The Kier molecular flexibility index (Phi) is 5.58. The van der Waals surface area contributed by atoms with Gasteiger partial charge in [0.2, 0.25) is 0 Å². The fraction of sp³-hybridized carbons (Fsp3) is 0.833. The van der Waals surface area contributed by atoms with Crippen LogP contribution in [0.4, 0.5) is 0 Å². The van der Waals surface area contributed by atoms with E-state index in [1.165, 1.54) is 0 Å². The van der Waals surface area contributed by atoms with E-state index in [-0.39, 0.29) is 6.04 Å². The summed E-state index contributed by atoms with van der Waals surface area (Å²) < 4.78 is 2.00. The molecule has 0 aliphatic rings. The number of hydrogen-bond donors (Lipinski definition) is 1. The van der Waals surface area contributed by atoms with Crippen LogP contribution in [0.25, 0.3) is 0 Å². The molecule has 0 spiro atoms. The van der Waals surface area contributed by atoms with Gasteiger partial charge in [-0.05, 0) is 40.9 Å². The van der Waals surface area contributed by atoms with Crippen LogP contribution in [0, 0.1) is 0 Å². The molecule has 0 radical (unpaired) electrons. The van der Waals surface area contributed by atoms with Crippen LogP contribution in [0.2, 0.25) is 0 Å². The van der Waals surface area contributed by atoms with Gasteiger partial charge in [0.1, 0.15) is 12.2 Å². The van der Waals surface area contributed by atoms with Crippen molar-refractivity contribution in [1.29, 1.82) is 0 Å². The summed E-state index contributed by atoms with van der Waals surface area (Å²) in [6.07, 6.45) is 2.77. The molecule has 1 unspecified atom stereocenters. The van der Waals surface area contributed by atoms with Crippen LogP contribution in [-0.4, -0.2) is 46.8 Å². The Bertz CT molecular complexity index is 318. The second kappa shape index (κ2) is 6.71. The van der Waals surface area contributed by atoms with Crippen LogP contribution in [-0.2, 0) is 0 Å². The number of rotatable bonds is 7. The van der Waals surface area contributed by atoms with E-state index in [2.05, 4.69) is 55.2 Å². The van der Waals surface area contributed by atoms with Gasteiger partial charge in [0.15, 0.2) is 0 Å². The van der Waals surface area contributed by atoms with Gasteiger partial charge in [-0.15, -0.1) is 0 Å². The summed E-state index contributed by atoms with van der Waals surface area (Å²) in [4.78, 5) is 6.58. The Morgan fingerprint density at radius 1 is 1.41 bits per heavy atom. The van der Waals surface area contributed by atoms with Crippen molar-refractivity contribution < 1.29 is 0 Å². The largest absolute Gasteiger partial charge is 0.307 e. The summed E-state index contributed by atoms with van der Waals surface area (Å²) in [7, 11) is 4.16. The average Bonchev–Trinajstić information content (AvgIpc) is 2.72. The summed E-state index contributed by atoms with van der Waals surface area (Å²) in [5, 5.41) is 7.83. The van der Waals surface area contributed by atoms with Gasteiger partial charge in [-0.25, -0.2) is 9.67 Å². The van der Waals surface area contributed by atoms with E-state index < -0.39 is 0 Å². The molecule has 5 nitrogen and oxygen atoms in total. The first kappa shape index (κ1) is 14.1. The maximum Gasteiger partial charge on any atom is 0.145 e. The molecule has 5 heteroatoms. The summed E-state index contributed by atoms with van der Waals surface area (Å²) in [6, 6.07) is 0.593. The van der Waals surface area contributed by atoms with Crippen molar-refractivity contribution >= 4 is 0 Å². The third-order valence-corrected chi connectivity index (χ3v) is 2.59. The molecule has 0 saturated carbocycles. The molecule has 0 saturated heterocycles.